The highest BCUT2D eigenvalue weighted by Gasteiger charge is 2.26. The molecule has 2 aromatic carbocycles. The van der Waals surface area contributed by atoms with E-state index in [-0.39, 0.29) is 11.5 Å². The number of nitrogens with zero attached hydrogens (tertiary/aromatic N) is 3. The highest BCUT2D eigenvalue weighted by molar-refractivity contribution is 5.95. The van der Waals surface area contributed by atoms with Crippen LogP contribution in [0.3, 0.4) is 0 Å². The number of aromatic nitrogens is 2. The largest absolute Gasteiger partial charge is 0.478 e. The lowest BCUT2D eigenvalue weighted by Gasteiger charge is -2.29. The van der Waals surface area contributed by atoms with Crippen LogP contribution in [0.4, 0.5) is 0 Å². The van der Waals surface area contributed by atoms with E-state index in [1.807, 2.05) is 48.0 Å². The van der Waals surface area contributed by atoms with Crippen molar-refractivity contribution in [3.05, 3.63) is 88.2 Å². The van der Waals surface area contributed by atoms with Gasteiger partial charge in [0, 0.05) is 13.1 Å². The van der Waals surface area contributed by atoms with Crippen LogP contribution in [0.2, 0.25) is 0 Å². The third-order valence-corrected chi connectivity index (χ3v) is 5.44. The topological polar surface area (TPSA) is 75.4 Å². The summed E-state index contributed by atoms with van der Waals surface area (Å²) in [5.74, 6) is -1.00. The van der Waals surface area contributed by atoms with E-state index in [1.54, 1.807) is 23.2 Å². The van der Waals surface area contributed by atoms with E-state index < -0.39 is 5.97 Å². The number of rotatable bonds is 5. The lowest BCUT2D eigenvalue weighted by molar-refractivity contribution is 0.0696. The molecule has 0 saturated carbocycles. The molecule has 0 radical (unpaired) electrons. The van der Waals surface area contributed by atoms with Crippen molar-refractivity contribution in [1.82, 2.24) is 14.7 Å². The molecule has 29 heavy (non-hydrogen) atoms. The van der Waals surface area contributed by atoms with Crippen LogP contribution < -0.4 is 0 Å². The predicted octanol–water partition coefficient (Wildman–Crippen LogP) is 3.39. The average Bonchev–Trinajstić information content (AvgIpc) is 3.15. The van der Waals surface area contributed by atoms with Gasteiger partial charge in [-0.3, -0.25) is 9.48 Å². The normalized spacial score (nSPS) is 13.2. The molecular formula is C23H23N3O3. The van der Waals surface area contributed by atoms with E-state index in [9.17, 15) is 14.7 Å². The number of aromatic carboxylic acids is 1. The maximum absolute atomic E-state index is 13.2. The molecule has 1 aliphatic rings. The van der Waals surface area contributed by atoms with Crippen LogP contribution in [-0.4, -0.2) is 38.2 Å². The van der Waals surface area contributed by atoms with Crippen LogP contribution in [0.1, 0.15) is 50.0 Å². The number of hydrogen-bond acceptors (Lipinski definition) is 3. The monoisotopic (exact) mass is 389 g/mol. The Balaban J connectivity index is 1.57. The van der Waals surface area contributed by atoms with Gasteiger partial charge in [-0.15, -0.1) is 0 Å². The predicted molar refractivity (Wildman–Crippen MR) is 109 cm³/mol. The molecule has 0 spiro atoms. The second-order valence-electron chi connectivity index (χ2n) is 7.27. The summed E-state index contributed by atoms with van der Waals surface area (Å²) in [4.78, 5) is 26.3. The average molecular weight is 389 g/mol. The maximum atomic E-state index is 13.2. The van der Waals surface area contributed by atoms with Gasteiger partial charge in [0.15, 0.2) is 0 Å². The Morgan fingerprint density at radius 3 is 2.62 bits per heavy atom. The van der Waals surface area contributed by atoms with E-state index >= 15 is 0 Å². The number of benzene rings is 2. The number of fused-ring (bicyclic) bond motifs is 1. The molecule has 0 saturated heterocycles. The number of carboxylic acid groups (broad SMARTS) is 1. The SMILES string of the molecule is CCc1c(C(=O)N2CCc3ccc(C(=O)O)cc3C2)cnn1Cc1ccccc1. The molecule has 1 aromatic heterocycles. The van der Waals surface area contributed by atoms with Crippen molar-refractivity contribution in [3.8, 4) is 0 Å². The van der Waals surface area contributed by atoms with Crippen molar-refractivity contribution < 1.29 is 14.7 Å². The molecule has 0 atom stereocenters. The van der Waals surface area contributed by atoms with Crippen LogP contribution in [0.5, 0.6) is 0 Å². The number of amides is 1. The summed E-state index contributed by atoms with van der Waals surface area (Å²) in [7, 11) is 0. The van der Waals surface area contributed by atoms with Gasteiger partial charge in [0.25, 0.3) is 5.91 Å². The van der Waals surface area contributed by atoms with Crippen molar-refractivity contribution in [3.63, 3.8) is 0 Å². The Bertz CT molecular complexity index is 1060. The van der Waals surface area contributed by atoms with Gasteiger partial charge in [-0.1, -0.05) is 43.3 Å². The van der Waals surface area contributed by atoms with Crippen molar-refractivity contribution in [2.24, 2.45) is 0 Å². The molecule has 2 heterocycles. The van der Waals surface area contributed by atoms with Crippen molar-refractivity contribution >= 4 is 11.9 Å². The zero-order chi connectivity index (χ0) is 20.4. The quantitative estimate of drug-likeness (QED) is 0.726. The third kappa shape index (κ3) is 3.78. The Kier molecular flexibility index (Phi) is 5.16. The van der Waals surface area contributed by atoms with Crippen LogP contribution in [-0.2, 0) is 25.9 Å². The fraction of sp³-hybridized carbons (Fsp3) is 0.261. The summed E-state index contributed by atoms with van der Waals surface area (Å²) >= 11 is 0. The van der Waals surface area contributed by atoms with Crippen LogP contribution >= 0.6 is 0 Å². The molecule has 0 bridgehead atoms. The van der Waals surface area contributed by atoms with Crippen LogP contribution in [0.25, 0.3) is 0 Å². The van der Waals surface area contributed by atoms with Gasteiger partial charge in [-0.25, -0.2) is 4.79 Å². The Hall–Kier alpha value is -3.41. The van der Waals surface area contributed by atoms with Gasteiger partial charge in [0.05, 0.1) is 29.6 Å². The molecule has 4 rings (SSSR count). The first-order valence-electron chi connectivity index (χ1n) is 9.79. The van der Waals surface area contributed by atoms with Gasteiger partial charge in [0.1, 0.15) is 0 Å². The summed E-state index contributed by atoms with van der Waals surface area (Å²) < 4.78 is 1.89. The minimum absolute atomic E-state index is 0.0486. The highest BCUT2D eigenvalue weighted by atomic mass is 16.4. The first-order valence-corrected chi connectivity index (χ1v) is 9.79. The van der Waals surface area contributed by atoms with Crippen LogP contribution in [0.15, 0.2) is 54.7 Å². The van der Waals surface area contributed by atoms with Gasteiger partial charge in [-0.2, -0.15) is 5.10 Å². The zero-order valence-corrected chi connectivity index (χ0v) is 16.3. The molecule has 1 amide bonds. The fourth-order valence-corrected chi connectivity index (χ4v) is 3.89. The molecule has 0 fully saturated rings. The molecular weight excluding hydrogens is 366 g/mol. The smallest absolute Gasteiger partial charge is 0.335 e. The number of carboxylic acids is 1. The third-order valence-electron chi connectivity index (χ3n) is 5.44. The van der Waals surface area contributed by atoms with E-state index in [0.29, 0.717) is 31.6 Å². The van der Waals surface area contributed by atoms with E-state index in [0.717, 1.165) is 28.8 Å². The minimum Gasteiger partial charge on any atom is -0.478 e. The first kappa shape index (κ1) is 18.9. The molecule has 1 aliphatic heterocycles. The van der Waals surface area contributed by atoms with Gasteiger partial charge in [0.2, 0.25) is 0 Å². The lowest BCUT2D eigenvalue weighted by Crippen LogP contribution is -2.36. The summed E-state index contributed by atoms with van der Waals surface area (Å²) in [5, 5.41) is 13.7. The summed E-state index contributed by atoms with van der Waals surface area (Å²) in [5.41, 5.74) is 4.94. The van der Waals surface area contributed by atoms with E-state index in [2.05, 4.69) is 5.10 Å². The van der Waals surface area contributed by atoms with E-state index in [4.69, 9.17) is 0 Å². The maximum Gasteiger partial charge on any atom is 0.335 e. The molecule has 148 valence electrons. The Morgan fingerprint density at radius 2 is 1.90 bits per heavy atom. The van der Waals surface area contributed by atoms with Crippen molar-refractivity contribution in [1.29, 1.82) is 0 Å². The molecule has 6 nitrogen and oxygen atoms in total. The summed E-state index contributed by atoms with van der Waals surface area (Å²) in [6, 6.07) is 15.2. The number of carbonyl (C=O) groups is 2. The van der Waals surface area contributed by atoms with Crippen LogP contribution in [0, 0.1) is 0 Å². The Labute approximate surface area is 169 Å². The fourth-order valence-electron chi connectivity index (χ4n) is 3.89. The molecule has 6 heteroatoms. The minimum atomic E-state index is -0.952. The molecule has 0 aliphatic carbocycles. The number of carbonyl (C=O) groups excluding carboxylic acids is 1. The second kappa shape index (κ2) is 7.91. The molecule has 3 aromatic rings. The van der Waals surface area contributed by atoms with Gasteiger partial charge < -0.3 is 10.0 Å². The van der Waals surface area contributed by atoms with E-state index in [1.165, 1.54) is 0 Å². The molecule has 0 unspecified atom stereocenters. The Morgan fingerprint density at radius 1 is 1.10 bits per heavy atom. The van der Waals surface area contributed by atoms with Gasteiger partial charge in [-0.05, 0) is 41.7 Å². The second-order valence-corrected chi connectivity index (χ2v) is 7.27. The van der Waals surface area contributed by atoms with Crippen molar-refractivity contribution in [2.45, 2.75) is 32.9 Å². The lowest BCUT2D eigenvalue weighted by atomic mass is 9.97. The standard InChI is InChI=1S/C23H23N3O3/c1-2-21-20(13-24-26(21)14-16-6-4-3-5-7-16)22(27)25-11-10-17-8-9-18(23(28)29)12-19(17)15-25/h3-9,12-13H,2,10-11,14-15H2,1H3,(H,28,29). The molecule has 1 N–H and O–H groups in total. The zero-order valence-electron chi connectivity index (χ0n) is 16.3. The summed E-state index contributed by atoms with van der Waals surface area (Å²) in [6.07, 6.45) is 3.09. The highest BCUT2D eigenvalue weighted by Crippen LogP contribution is 2.23. The number of hydrogen-bond donors (Lipinski definition) is 1. The first-order chi connectivity index (χ1) is 14.1. The van der Waals surface area contributed by atoms with Gasteiger partial charge >= 0.3 is 5.97 Å². The van der Waals surface area contributed by atoms with Crippen molar-refractivity contribution in [2.75, 3.05) is 6.54 Å². The summed E-state index contributed by atoms with van der Waals surface area (Å²) in [6.45, 7) is 3.69.